The van der Waals surface area contributed by atoms with Gasteiger partial charge in [0.2, 0.25) is 0 Å². The van der Waals surface area contributed by atoms with Crippen molar-refractivity contribution in [3.05, 3.63) is 33.9 Å². The second kappa shape index (κ2) is 6.70. The second-order valence-electron chi connectivity index (χ2n) is 5.42. The minimum absolute atomic E-state index is 0.156. The van der Waals surface area contributed by atoms with Crippen LogP contribution < -0.4 is 5.32 Å². The number of ether oxygens (including phenoxy) is 1. The molecule has 1 aliphatic heterocycles. The lowest BCUT2D eigenvalue weighted by Crippen LogP contribution is -2.34. The largest absolute Gasteiger partial charge is 0.378 e. The van der Waals surface area contributed by atoms with E-state index in [0.29, 0.717) is 5.69 Å². The van der Waals surface area contributed by atoms with Crippen LogP contribution >= 0.6 is 0 Å². The maximum Gasteiger partial charge on any atom is 0.292 e. The summed E-state index contributed by atoms with van der Waals surface area (Å²) in [5.41, 5.74) is 1.67. The zero-order valence-electron chi connectivity index (χ0n) is 12.1. The summed E-state index contributed by atoms with van der Waals surface area (Å²) in [6.07, 6.45) is 4.23. The number of hydrogen-bond donors (Lipinski definition) is 1. The highest BCUT2D eigenvalue weighted by atomic mass is 16.6. The third-order valence-corrected chi connectivity index (χ3v) is 3.69. The highest BCUT2D eigenvalue weighted by molar-refractivity contribution is 5.63. The molecule has 0 amide bonds. The summed E-state index contributed by atoms with van der Waals surface area (Å²) in [4.78, 5) is 10.8. The summed E-state index contributed by atoms with van der Waals surface area (Å²) in [7, 11) is 0. The number of anilines is 1. The molecule has 0 radical (unpaired) electrons. The molecule has 1 fully saturated rings. The average Bonchev–Trinajstić information content (AvgIpc) is 2.41. The van der Waals surface area contributed by atoms with Gasteiger partial charge < -0.3 is 10.1 Å². The molecule has 0 aromatic heterocycles. The SMILES string of the molecule is CCCC1CC(Nc2ccc(C)cc2[N+](=O)[O-])CCO1. The van der Waals surface area contributed by atoms with Crippen molar-refractivity contribution in [1.29, 1.82) is 0 Å². The molecule has 1 aromatic rings. The van der Waals surface area contributed by atoms with E-state index in [4.69, 9.17) is 4.74 Å². The standard InChI is InChI=1S/C15H22N2O3/c1-3-4-13-10-12(7-8-20-13)16-14-6-5-11(2)9-15(14)17(18)19/h5-6,9,12-13,16H,3-4,7-8,10H2,1-2H3. The lowest BCUT2D eigenvalue weighted by atomic mass is 9.99. The Hall–Kier alpha value is -1.62. The normalized spacial score (nSPS) is 22.5. The zero-order valence-corrected chi connectivity index (χ0v) is 12.1. The van der Waals surface area contributed by atoms with Crippen molar-refractivity contribution in [2.45, 2.75) is 51.7 Å². The van der Waals surface area contributed by atoms with E-state index in [1.165, 1.54) is 0 Å². The van der Waals surface area contributed by atoms with Gasteiger partial charge in [0.15, 0.2) is 0 Å². The molecule has 0 spiro atoms. The molecule has 1 heterocycles. The lowest BCUT2D eigenvalue weighted by Gasteiger charge is -2.30. The third-order valence-electron chi connectivity index (χ3n) is 3.69. The summed E-state index contributed by atoms with van der Waals surface area (Å²) in [6.45, 7) is 4.73. The van der Waals surface area contributed by atoms with E-state index in [1.807, 2.05) is 13.0 Å². The first kappa shape index (κ1) is 14.8. The Morgan fingerprint density at radius 1 is 1.50 bits per heavy atom. The summed E-state index contributed by atoms with van der Waals surface area (Å²) in [6, 6.07) is 5.57. The first-order valence-corrected chi connectivity index (χ1v) is 7.23. The number of rotatable bonds is 5. The van der Waals surface area contributed by atoms with Gasteiger partial charge in [-0.2, -0.15) is 0 Å². The predicted molar refractivity (Wildman–Crippen MR) is 79.1 cm³/mol. The van der Waals surface area contributed by atoms with Gasteiger partial charge in [-0.15, -0.1) is 0 Å². The molecule has 1 aromatic carbocycles. The van der Waals surface area contributed by atoms with Crippen molar-refractivity contribution in [3.8, 4) is 0 Å². The third kappa shape index (κ3) is 3.70. The van der Waals surface area contributed by atoms with Crippen molar-refractivity contribution in [1.82, 2.24) is 0 Å². The van der Waals surface area contributed by atoms with E-state index in [0.717, 1.165) is 37.9 Å². The van der Waals surface area contributed by atoms with Gasteiger partial charge in [-0.05, 0) is 37.8 Å². The Balaban J connectivity index is 2.07. The number of aryl methyl sites for hydroxylation is 1. The molecule has 2 atom stereocenters. The van der Waals surface area contributed by atoms with E-state index in [9.17, 15) is 10.1 Å². The van der Waals surface area contributed by atoms with Crippen LogP contribution in [-0.2, 0) is 4.74 Å². The molecule has 110 valence electrons. The van der Waals surface area contributed by atoms with Crippen molar-refractivity contribution >= 4 is 11.4 Å². The number of nitro benzene ring substituents is 1. The minimum atomic E-state index is -0.321. The van der Waals surface area contributed by atoms with Crippen LogP contribution in [-0.4, -0.2) is 23.7 Å². The van der Waals surface area contributed by atoms with Crippen molar-refractivity contribution in [3.63, 3.8) is 0 Å². The Morgan fingerprint density at radius 3 is 3.00 bits per heavy atom. The molecular formula is C15H22N2O3. The van der Waals surface area contributed by atoms with Crippen LogP contribution in [0, 0.1) is 17.0 Å². The first-order valence-electron chi connectivity index (χ1n) is 7.23. The fraction of sp³-hybridized carbons (Fsp3) is 0.600. The highest BCUT2D eigenvalue weighted by Crippen LogP contribution is 2.28. The van der Waals surface area contributed by atoms with Gasteiger partial charge >= 0.3 is 0 Å². The molecule has 0 saturated carbocycles. The fourth-order valence-corrected chi connectivity index (χ4v) is 2.67. The van der Waals surface area contributed by atoms with Crippen molar-refractivity contribution in [2.24, 2.45) is 0 Å². The van der Waals surface area contributed by atoms with Gasteiger partial charge in [0.1, 0.15) is 5.69 Å². The molecule has 0 bridgehead atoms. The Kier molecular flexibility index (Phi) is 4.95. The monoisotopic (exact) mass is 278 g/mol. The summed E-state index contributed by atoms with van der Waals surface area (Å²) in [5, 5.41) is 14.4. The molecule has 20 heavy (non-hydrogen) atoms. The average molecular weight is 278 g/mol. The summed E-state index contributed by atoms with van der Waals surface area (Å²) in [5.74, 6) is 0. The van der Waals surface area contributed by atoms with Crippen molar-refractivity contribution < 1.29 is 9.66 Å². The van der Waals surface area contributed by atoms with E-state index in [-0.39, 0.29) is 22.8 Å². The van der Waals surface area contributed by atoms with E-state index in [1.54, 1.807) is 12.1 Å². The van der Waals surface area contributed by atoms with Crippen LogP contribution in [0.3, 0.4) is 0 Å². The molecule has 2 rings (SSSR count). The fourth-order valence-electron chi connectivity index (χ4n) is 2.67. The van der Waals surface area contributed by atoms with Crippen LogP contribution in [0.5, 0.6) is 0 Å². The summed E-state index contributed by atoms with van der Waals surface area (Å²) < 4.78 is 5.71. The van der Waals surface area contributed by atoms with Gasteiger partial charge in [-0.1, -0.05) is 19.4 Å². The van der Waals surface area contributed by atoms with Gasteiger partial charge in [0.25, 0.3) is 5.69 Å². The van der Waals surface area contributed by atoms with Gasteiger partial charge in [0.05, 0.1) is 11.0 Å². The number of nitrogens with one attached hydrogen (secondary N) is 1. The maximum atomic E-state index is 11.1. The van der Waals surface area contributed by atoms with Gasteiger partial charge in [0, 0.05) is 18.7 Å². The van der Waals surface area contributed by atoms with Gasteiger partial charge in [-0.3, -0.25) is 10.1 Å². The van der Waals surface area contributed by atoms with Crippen molar-refractivity contribution in [2.75, 3.05) is 11.9 Å². The van der Waals surface area contributed by atoms with Gasteiger partial charge in [-0.25, -0.2) is 0 Å². The topological polar surface area (TPSA) is 64.4 Å². The predicted octanol–water partition coefficient (Wildman–Crippen LogP) is 3.66. The quantitative estimate of drug-likeness (QED) is 0.659. The number of hydrogen-bond acceptors (Lipinski definition) is 4. The molecule has 5 nitrogen and oxygen atoms in total. The number of benzene rings is 1. The number of nitrogens with zero attached hydrogens (tertiary/aromatic N) is 1. The molecule has 1 aliphatic rings. The molecule has 2 unspecified atom stereocenters. The van der Waals surface area contributed by atoms with E-state index < -0.39 is 0 Å². The first-order chi connectivity index (χ1) is 9.60. The van der Waals surface area contributed by atoms with Crippen LogP contribution in [0.4, 0.5) is 11.4 Å². The number of nitro groups is 1. The molecule has 5 heteroatoms. The Labute approximate surface area is 119 Å². The molecule has 0 aliphatic carbocycles. The smallest absolute Gasteiger partial charge is 0.292 e. The van der Waals surface area contributed by atoms with Crippen LogP contribution in [0.1, 0.15) is 38.2 Å². The van der Waals surface area contributed by atoms with Crippen LogP contribution in [0.2, 0.25) is 0 Å². The molecule has 1 saturated heterocycles. The Morgan fingerprint density at radius 2 is 2.30 bits per heavy atom. The van der Waals surface area contributed by atoms with Crippen LogP contribution in [0.25, 0.3) is 0 Å². The second-order valence-corrected chi connectivity index (χ2v) is 5.42. The maximum absolute atomic E-state index is 11.1. The molecule has 1 N–H and O–H groups in total. The zero-order chi connectivity index (χ0) is 14.5. The summed E-state index contributed by atoms with van der Waals surface area (Å²) >= 11 is 0. The molecular weight excluding hydrogens is 256 g/mol. The van der Waals surface area contributed by atoms with Crippen LogP contribution in [0.15, 0.2) is 18.2 Å². The van der Waals surface area contributed by atoms with E-state index >= 15 is 0 Å². The lowest BCUT2D eigenvalue weighted by molar-refractivity contribution is -0.384. The Bertz CT molecular complexity index is 474. The highest BCUT2D eigenvalue weighted by Gasteiger charge is 2.24. The van der Waals surface area contributed by atoms with E-state index in [2.05, 4.69) is 12.2 Å². The minimum Gasteiger partial charge on any atom is -0.378 e.